The zero-order chi connectivity index (χ0) is 26.4. The molecule has 2 aliphatic heterocycles. The van der Waals surface area contributed by atoms with E-state index in [2.05, 4.69) is 20.1 Å². The van der Waals surface area contributed by atoms with Gasteiger partial charge in [-0.1, -0.05) is 37.3 Å². The largest absolute Gasteiger partial charge is 0.493 e. The van der Waals surface area contributed by atoms with Gasteiger partial charge in [-0.05, 0) is 30.2 Å². The Hall–Kier alpha value is -4.48. The summed E-state index contributed by atoms with van der Waals surface area (Å²) >= 11 is 0. The molecule has 0 fully saturated rings. The van der Waals surface area contributed by atoms with Gasteiger partial charge >= 0.3 is 18.7 Å². The van der Waals surface area contributed by atoms with Crippen LogP contribution in [0.5, 0.6) is 11.5 Å². The Balaban J connectivity index is 1.74. The van der Waals surface area contributed by atoms with Crippen molar-refractivity contribution in [1.29, 1.82) is 0 Å². The van der Waals surface area contributed by atoms with Crippen molar-refractivity contribution in [3.63, 3.8) is 0 Å². The van der Waals surface area contributed by atoms with E-state index in [1.165, 1.54) is 36.5 Å². The lowest BCUT2D eigenvalue weighted by Gasteiger charge is -2.35. The lowest BCUT2D eigenvalue weighted by molar-refractivity contribution is -0.0512. The number of benzene rings is 2. The number of carbonyl (C=O) groups is 2. The summed E-state index contributed by atoms with van der Waals surface area (Å²) in [6, 6.07) is 12.7. The van der Waals surface area contributed by atoms with Gasteiger partial charge in [0.1, 0.15) is 11.8 Å². The number of rotatable bonds is 8. The maximum absolute atomic E-state index is 13.1. The van der Waals surface area contributed by atoms with Gasteiger partial charge in [0.05, 0.1) is 13.7 Å². The van der Waals surface area contributed by atoms with Gasteiger partial charge in [-0.3, -0.25) is 9.89 Å². The molecule has 0 saturated carbocycles. The molecule has 0 aromatic heterocycles. The van der Waals surface area contributed by atoms with Crippen molar-refractivity contribution in [2.45, 2.75) is 32.2 Å². The van der Waals surface area contributed by atoms with Gasteiger partial charge in [-0.15, -0.1) is 0 Å². The molecule has 1 N–H and O–H groups in total. The highest BCUT2D eigenvalue weighted by atomic mass is 19.3. The maximum Gasteiger partial charge on any atom is 0.433 e. The SMILES string of the molecule is CCC1OC(=O)N(C(NC(=O)N2C=CN=CC2)c2ccccc2)N=C1c1ccc(OC)c(OC(F)F)c1. The molecule has 10 nitrogen and oxygen atoms in total. The van der Waals surface area contributed by atoms with Crippen molar-refractivity contribution in [2.75, 3.05) is 13.7 Å². The average Bonchev–Trinajstić information content (AvgIpc) is 2.92. The van der Waals surface area contributed by atoms with Crippen molar-refractivity contribution in [1.82, 2.24) is 15.2 Å². The number of alkyl halides is 2. The zero-order valence-electron chi connectivity index (χ0n) is 20.1. The minimum atomic E-state index is -3.07. The number of hydrogen-bond acceptors (Lipinski definition) is 7. The molecule has 12 heteroatoms. The highest BCUT2D eigenvalue weighted by molar-refractivity contribution is 6.06. The summed E-state index contributed by atoms with van der Waals surface area (Å²) in [6.07, 6.45) is 2.35. The average molecular weight is 514 g/mol. The second kappa shape index (κ2) is 11.5. The molecule has 3 amide bonds. The number of ether oxygens (including phenoxy) is 3. The molecule has 4 rings (SSSR count). The zero-order valence-corrected chi connectivity index (χ0v) is 20.1. The highest BCUT2D eigenvalue weighted by Gasteiger charge is 2.37. The Morgan fingerprint density at radius 2 is 2.00 bits per heavy atom. The second-order valence-corrected chi connectivity index (χ2v) is 7.90. The van der Waals surface area contributed by atoms with Gasteiger partial charge in [0.25, 0.3) is 0 Å². The van der Waals surface area contributed by atoms with Crippen molar-refractivity contribution in [3.8, 4) is 11.5 Å². The molecule has 0 radical (unpaired) electrons. The number of aliphatic imine (C=N–C) groups is 1. The minimum absolute atomic E-state index is 0.106. The third-order valence-corrected chi connectivity index (χ3v) is 5.59. The first-order valence-corrected chi connectivity index (χ1v) is 11.4. The Morgan fingerprint density at radius 1 is 1.22 bits per heavy atom. The Bertz CT molecular complexity index is 1220. The van der Waals surface area contributed by atoms with E-state index in [0.29, 0.717) is 23.3 Å². The van der Waals surface area contributed by atoms with Crippen molar-refractivity contribution in [2.24, 2.45) is 10.1 Å². The van der Waals surface area contributed by atoms with E-state index in [1.807, 2.05) is 0 Å². The number of hydrazone groups is 1. The molecule has 2 heterocycles. The lowest BCUT2D eigenvalue weighted by Crippen LogP contribution is -2.50. The first kappa shape index (κ1) is 25.6. The molecular formula is C25H25F2N5O5. The standard InChI is InChI=1S/C25H25F2N5O5/c1-3-18-21(17-9-10-19(35-2)20(15-17)36-23(26)27)30-32(25(34)37-18)22(16-7-5-4-6-8-16)29-24(33)31-13-11-28-12-14-31/h4-13,15,18,22-23H,3,14H2,1-2H3,(H,29,33). The van der Waals surface area contributed by atoms with Gasteiger partial charge in [0.2, 0.25) is 0 Å². The van der Waals surface area contributed by atoms with Gasteiger partial charge in [-0.25, -0.2) is 9.59 Å². The van der Waals surface area contributed by atoms with Crippen LogP contribution in [0.1, 0.15) is 30.6 Å². The predicted octanol–water partition coefficient (Wildman–Crippen LogP) is 4.50. The molecule has 2 aromatic carbocycles. The summed E-state index contributed by atoms with van der Waals surface area (Å²) in [6.45, 7) is -1.02. The van der Waals surface area contributed by atoms with E-state index in [4.69, 9.17) is 9.47 Å². The molecule has 2 aliphatic rings. The van der Waals surface area contributed by atoms with Gasteiger partial charge in [0, 0.05) is 24.2 Å². The molecule has 2 aromatic rings. The molecule has 37 heavy (non-hydrogen) atoms. The first-order valence-electron chi connectivity index (χ1n) is 11.4. The number of hydrogen-bond donors (Lipinski definition) is 1. The van der Waals surface area contributed by atoms with Crippen LogP contribution in [0.3, 0.4) is 0 Å². The summed E-state index contributed by atoms with van der Waals surface area (Å²) in [5.74, 6) is -0.0858. The van der Waals surface area contributed by atoms with E-state index in [-0.39, 0.29) is 18.0 Å². The monoisotopic (exact) mass is 513 g/mol. The van der Waals surface area contributed by atoms with Crippen LogP contribution in [-0.2, 0) is 4.74 Å². The van der Waals surface area contributed by atoms with Crippen LogP contribution >= 0.6 is 0 Å². The van der Waals surface area contributed by atoms with Gasteiger partial charge in [-0.2, -0.15) is 18.9 Å². The fraction of sp³-hybridized carbons (Fsp3) is 0.280. The summed E-state index contributed by atoms with van der Waals surface area (Å²) in [4.78, 5) is 31.4. The third-order valence-electron chi connectivity index (χ3n) is 5.59. The number of carbonyl (C=O) groups excluding carboxylic acids is 2. The Morgan fingerprint density at radius 3 is 2.65 bits per heavy atom. The minimum Gasteiger partial charge on any atom is -0.493 e. The lowest BCUT2D eigenvalue weighted by atomic mass is 10.0. The fourth-order valence-corrected chi connectivity index (χ4v) is 3.81. The van der Waals surface area contributed by atoms with E-state index in [9.17, 15) is 18.4 Å². The number of nitrogens with one attached hydrogen (secondary N) is 1. The van der Waals surface area contributed by atoms with E-state index in [1.54, 1.807) is 49.5 Å². The van der Waals surface area contributed by atoms with Crippen molar-refractivity contribution in [3.05, 3.63) is 72.1 Å². The van der Waals surface area contributed by atoms with E-state index < -0.39 is 31.0 Å². The summed E-state index contributed by atoms with van der Waals surface area (Å²) in [5.41, 5.74) is 1.25. The normalized spacial score (nSPS) is 17.8. The number of amides is 3. The third kappa shape index (κ3) is 5.85. The molecule has 0 aliphatic carbocycles. The molecular weight excluding hydrogens is 488 g/mol. The number of nitrogens with zero attached hydrogens (tertiary/aromatic N) is 4. The van der Waals surface area contributed by atoms with Crippen LogP contribution in [0.25, 0.3) is 0 Å². The second-order valence-electron chi connectivity index (χ2n) is 7.90. The maximum atomic E-state index is 13.1. The number of urea groups is 1. The summed E-state index contributed by atoms with van der Waals surface area (Å²) in [7, 11) is 1.33. The topological polar surface area (TPSA) is 105 Å². The van der Waals surface area contributed by atoms with Gasteiger partial charge in [0.15, 0.2) is 17.7 Å². The molecule has 0 spiro atoms. The van der Waals surface area contributed by atoms with Crippen LogP contribution < -0.4 is 14.8 Å². The van der Waals surface area contributed by atoms with Crippen LogP contribution in [0.15, 0.2) is 71.0 Å². The molecule has 0 bridgehead atoms. The fourth-order valence-electron chi connectivity index (χ4n) is 3.81. The van der Waals surface area contributed by atoms with Crippen molar-refractivity contribution < 1.29 is 32.6 Å². The molecule has 0 saturated heterocycles. The Labute approximate surface area is 211 Å². The van der Waals surface area contributed by atoms with Crippen LogP contribution in [0.2, 0.25) is 0 Å². The Kier molecular flexibility index (Phi) is 7.96. The van der Waals surface area contributed by atoms with Gasteiger partial charge < -0.3 is 19.5 Å². The molecule has 194 valence electrons. The highest BCUT2D eigenvalue weighted by Crippen LogP contribution is 2.32. The predicted molar refractivity (Wildman–Crippen MR) is 131 cm³/mol. The van der Waals surface area contributed by atoms with E-state index in [0.717, 1.165) is 5.01 Å². The summed E-state index contributed by atoms with van der Waals surface area (Å²) in [5, 5.41) is 8.38. The van der Waals surface area contributed by atoms with Crippen LogP contribution in [0, 0.1) is 0 Å². The van der Waals surface area contributed by atoms with E-state index >= 15 is 0 Å². The number of cyclic esters (lactones) is 1. The summed E-state index contributed by atoms with van der Waals surface area (Å²) < 4.78 is 41.4. The quantitative estimate of drug-likeness (QED) is 0.560. The van der Waals surface area contributed by atoms with Crippen LogP contribution in [0.4, 0.5) is 18.4 Å². The number of methoxy groups -OCH3 is 1. The number of halogens is 2. The molecule has 2 unspecified atom stereocenters. The van der Waals surface area contributed by atoms with Crippen LogP contribution in [-0.4, -0.2) is 60.3 Å². The molecule has 2 atom stereocenters. The van der Waals surface area contributed by atoms with Crippen molar-refractivity contribution >= 4 is 24.1 Å². The first-order chi connectivity index (χ1) is 17.9. The smallest absolute Gasteiger partial charge is 0.433 e.